The fourth-order valence-electron chi connectivity index (χ4n) is 6.61. The highest BCUT2D eigenvalue weighted by Gasteiger charge is 2.34. The number of rotatable bonds is 6. The van der Waals surface area contributed by atoms with Crippen LogP contribution >= 0.6 is 11.6 Å². The average Bonchev–Trinajstić information content (AvgIpc) is 3.49. The van der Waals surface area contributed by atoms with Gasteiger partial charge in [-0.1, -0.05) is 35.9 Å². The molecule has 0 spiro atoms. The molecule has 2 aliphatic heterocycles. The van der Waals surface area contributed by atoms with Crippen molar-refractivity contribution in [1.29, 1.82) is 0 Å². The van der Waals surface area contributed by atoms with Crippen LogP contribution in [0.3, 0.4) is 0 Å². The van der Waals surface area contributed by atoms with E-state index in [0.717, 1.165) is 54.2 Å². The van der Waals surface area contributed by atoms with Gasteiger partial charge in [0.1, 0.15) is 0 Å². The van der Waals surface area contributed by atoms with Crippen molar-refractivity contribution in [2.75, 3.05) is 31.1 Å². The first-order chi connectivity index (χ1) is 21.4. The van der Waals surface area contributed by atoms with E-state index in [1.807, 2.05) is 82.6 Å². The van der Waals surface area contributed by atoms with Gasteiger partial charge in [0.05, 0.1) is 11.3 Å². The molecule has 5 heterocycles. The van der Waals surface area contributed by atoms with Crippen LogP contribution in [0.2, 0.25) is 5.02 Å². The zero-order valence-corrected chi connectivity index (χ0v) is 25.3. The molecule has 0 saturated carbocycles. The molecule has 2 saturated heterocycles. The quantitative estimate of drug-likeness (QED) is 0.260. The lowest BCUT2D eigenvalue weighted by atomic mass is 9.84. The summed E-state index contributed by atoms with van der Waals surface area (Å²) in [7, 11) is 0. The number of carbonyl (C=O) groups is 1. The van der Waals surface area contributed by atoms with E-state index < -0.39 is 5.60 Å². The summed E-state index contributed by atoms with van der Waals surface area (Å²) in [6.07, 6.45) is 9.34. The van der Waals surface area contributed by atoms with Gasteiger partial charge in [-0.25, -0.2) is 9.50 Å². The van der Waals surface area contributed by atoms with Crippen molar-refractivity contribution in [3.8, 4) is 0 Å². The van der Waals surface area contributed by atoms with Gasteiger partial charge in [0.25, 0.3) is 5.91 Å². The molecule has 2 aromatic carbocycles. The summed E-state index contributed by atoms with van der Waals surface area (Å²) in [6.45, 7) is 2.94. The van der Waals surface area contributed by atoms with Crippen LogP contribution in [0.4, 0.5) is 5.69 Å². The van der Waals surface area contributed by atoms with Gasteiger partial charge in [-0.3, -0.25) is 9.78 Å². The van der Waals surface area contributed by atoms with Crippen molar-refractivity contribution in [2.24, 2.45) is 0 Å². The minimum absolute atomic E-state index is 0.0877. The second-order valence-electron chi connectivity index (χ2n) is 11.9. The number of fused-ring (bicyclic) bond motifs is 1. The molecular weight excluding hydrogens is 572 g/mol. The number of hydrogen-bond acceptors (Lipinski definition) is 6. The van der Waals surface area contributed by atoms with Gasteiger partial charge in [0.15, 0.2) is 11.5 Å². The van der Waals surface area contributed by atoms with Crippen LogP contribution in [0, 0.1) is 0 Å². The number of halogens is 1. The van der Waals surface area contributed by atoms with Crippen molar-refractivity contribution in [3.05, 3.63) is 124 Å². The van der Waals surface area contributed by atoms with E-state index in [-0.39, 0.29) is 5.91 Å². The van der Waals surface area contributed by atoms with Crippen molar-refractivity contribution in [3.63, 3.8) is 0 Å². The van der Waals surface area contributed by atoms with Gasteiger partial charge in [-0.05, 0) is 96.8 Å². The molecule has 2 fully saturated rings. The Bertz CT molecular complexity index is 1740. The number of likely N-dealkylation sites (tertiary alicyclic amines) is 1. The van der Waals surface area contributed by atoms with Crippen molar-refractivity contribution >= 4 is 28.8 Å². The van der Waals surface area contributed by atoms with E-state index in [4.69, 9.17) is 21.7 Å². The second kappa shape index (κ2) is 12.0. The van der Waals surface area contributed by atoms with E-state index in [2.05, 4.69) is 28.1 Å². The Hall–Kier alpha value is -4.27. The van der Waals surface area contributed by atoms with E-state index in [1.54, 1.807) is 0 Å². The number of hydrogen-bond donors (Lipinski definition) is 1. The highest BCUT2D eigenvalue weighted by atomic mass is 35.5. The summed E-state index contributed by atoms with van der Waals surface area (Å²) in [4.78, 5) is 26.5. The molecule has 0 atom stereocenters. The number of carbonyl (C=O) groups excluding carboxylic acids is 1. The second-order valence-corrected chi connectivity index (χ2v) is 12.4. The predicted molar refractivity (Wildman–Crippen MR) is 171 cm³/mol. The van der Waals surface area contributed by atoms with Crippen LogP contribution in [0.5, 0.6) is 0 Å². The highest BCUT2D eigenvalue weighted by molar-refractivity contribution is 6.30. The minimum atomic E-state index is -0.866. The SMILES string of the molecule is O=C(c1ccc(Cc2nc3c(N4CCC(O)(c5ccc(Cl)cc5)CC4)cccn3n2)cc1)N1CCC(c2ccncc2)CC1. The first-order valence-corrected chi connectivity index (χ1v) is 15.7. The number of benzene rings is 2. The normalized spacial score (nSPS) is 17.2. The summed E-state index contributed by atoms with van der Waals surface area (Å²) in [5.41, 5.74) is 4.93. The van der Waals surface area contributed by atoms with Gasteiger partial charge in [0, 0.05) is 61.8 Å². The van der Waals surface area contributed by atoms with Gasteiger partial charge in [-0.15, -0.1) is 0 Å². The molecule has 0 radical (unpaired) electrons. The van der Waals surface area contributed by atoms with Gasteiger partial charge < -0.3 is 14.9 Å². The Morgan fingerprint density at radius 1 is 0.909 bits per heavy atom. The maximum absolute atomic E-state index is 13.2. The third kappa shape index (κ3) is 5.79. The Morgan fingerprint density at radius 2 is 1.61 bits per heavy atom. The number of aliphatic hydroxyl groups is 1. The predicted octanol–water partition coefficient (Wildman–Crippen LogP) is 5.88. The van der Waals surface area contributed by atoms with Crippen LogP contribution in [-0.2, 0) is 12.0 Å². The van der Waals surface area contributed by atoms with Crippen LogP contribution in [0.25, 0.3) is 5.65 Å². The Labute approximate surface area is 261 Å². The average molecular weight is 607 g/mol. The first-order valence-electron chi connectivity index (χ1n) is 15.3. The number of pyridine rings is 2. The number of amides is 1. The number of anilines is 1. The Kier molecular flexibility index (Phi) is 7.78. The number of piperidine rings is 2. The van der Waals surface area contributed by atoms with E-state index in [0.29, 0.717) is 48.9 Å². The van der Waals surface area contributed by atoms with Crippen molar-refractivity contribution < 1.29 is 9.90 Å². The maximum atomic E-state index is 13.2. The van der Waals surface area contributed by atoms with Crippen molar-refractivity contribution in [1.82, 2.24) is 24.5 Å². The van der Waals surface area contributed by atoms with Crippen LogP contribution in [0.1, 0.15) is 64.5 Å². The fourth-order valence-corrected chi connectivity index (χ4v) is 6.73. The standard InChI is InChI=1S/C35H35ClN6O2/c36-30-9-7-29(8-10-30)35(44)15-22-40(23-16-35)31-2-1-19-42-33(31)38-32(39-42)24-25-3-5-28(6-4-25)34(43)41-20-13-27(14-21-41)26-11-17-37-18-12-26/h1-12,17-19,27,44H,13-16,20-24H2. The topological polar surface area (TPSA) is 86.9 Å². The molecular formula is C35H35ClN6O2. The first kappa shape index (κ1) is 28.5. The smallest absolute Gasteiger partial charge is 0.253 e. The zero-order valence-electron chi connectivity index (χ0n) is 24.5. The summed E-state index contributed by atoms with van der Waals surface area (Å²) >= 11 is 6.06. The molecule has 0 bridgehead atoms. The van der Waals surface area contributed by atoms with Crippen molar-refractivity contribution in [2.45, 2.75) is 43.6 Å². The minimum Gasteiger partial charge on any atom is -0.385 e. The Morgan fingerprint density at radius 3 is 2.32 bits per heavy atom. The number of nitrogens with zero attached hydrogens (tertiary/aromatic N) is 6. The molecule has 224 valence electrons. The number of aromatic nitrogens is 4. The van der Waals surface area contributed by atoms with Crippen LogP contribution in [0.15, 0.2) is 91.4 Å². The zero-order chi connectivity index (χ0) is 30.1. The summed E-state index contributed by atoms with van der Waals surface area (Å²) in [6, 6.07) is 23.6. The van der Waals surface area contributed by atoms with E-state index in [1.165, 1.54) is 5.56 Å². The van der Waals surface area contributed by atoms with E-state index in [9.17, 15) is 9.90 Å². The molecule has 1 amide bonds. The van der Waals surface area contributed by atoms with Gasteiger partial charge in [0.2, 0.25) is 0 Å². The monoisotopic (exact) mass is 606 g/mol. The molecule has 3 aromatic heterocycles. The molecule has 7 rings (SSSR count). The summed E-state index contributed by atoms with van der Waals surface area (Å²) in [5, 5.41) is 16.7. The molecule has 8 nitrogen and oxygen atoms in total. The largest absolute Gasteiger partial charge is 0.385 e. The third-order valence-electron chi connectivity index (χ3n) is 9.22. The molecule has 44 heavy (non-hydrogen) atoms. The summed E-state index contributed by atoms with van der Waals surface area (Å²) in [5.74, 6) is 1.30. The molecule has 5 aromatic rings. The lowest BCUT2D eigenvalue weighted by Gasteiger charge is -2.39. The van der Waals surface area contributed by atoms with Gasteiger partial charge in [-0.2, -0.15) is 5.10 Å². The third-order valence-corrected chi connectivity index (χ3v) is 9.47. The maximum Gasteiger partial charge on any atom is 0.253 e. The Balaban J connectivity index is 0.989. The van der Waals surface area contributed by atoms with E-state index >= 15 is 0 Å². The van der Waals surface area contributed by atoms with Crippen LogP contribution < -0.4 is 4.90 Å². The molecule has 1 N–H and O–H groups in total. The molecule has 0 unspecified atom stereocenters. The highest BCUT2D eigenvalue weighted by Crippen LogP contribution is 2.36. The lowest BCUT2D eigenvalue weighted by Crippen LogP contribution is -2.42. The molecule has 0 aliphatic carbocycles. The fraction of sp³-hybridized carbons (Fsp3) is 0.314. The van der Waals surface area contributed by atoms with Gasteiger partial charge >= 0.3 is 0 Å². The summed E-state index contributed by atoms with van der Waals surface area (Å²) < 4.78 is 1.83. The van der Waals surface area contributed by atoms with Crippen LogP contribution in [-0.4, -0.2) is 61.7 Å². The molecule has 9 heteroatoms. The lowest BCUT2D eigenvalue weighted by molar-refractivity contribution is 0.0118. The molecule has 2 aliphatic rings.